The van der Waals surface area contributed by atoms with E-state index in [0.29, 0.717) is 35.5 Å². The largest absolute Gasteiger partial charge is 0.379 e. The predicted octanol–water partition coefficient (Wildman–Crippen LogP) is 2.22. The minimum absolute atomic E-state index is 0.0421. The Labute approximate surface area is 139 Å². The van der Waals surface area contributed by atoms with E-state index in [1.54, 1.807) is 12.1 Å². The van der Waals surface area contributed by atoms with Gasteiger partial charge in [0.15, 0.2) is 11.6 Å². The summed E-state index contributed by atoms with van der Waals surface area (Å²) in [5.74, 6) is -0.129. The molecule has 8 rings (SSSR count). The van der Waals surface area contributed by atoms with E-state index in [4.69, 9.17) is 4.74 Å². The van der Waals surface area contributed by atoms with Crippen molar-refractivity contribution in [1.82, 2.24) is 4.90 Å². The van der Waals surface area contributed by atoms with Crippen molar-refractivity contribution in [3.63, 3.8) is 0 Å². The van der Waals surface area contributed by atoms with Crippen molar-refractivity contribution in [2.24, 2.45) is 0 Å². The SMILES string of the molecule is O=C1c2ccc3cc2C(=O)c2ccc(cc21)NC3N1CCOCC1. The third kappa shape index (κ3) is 1.89. The van der Waals surface area contributed by atoms with Gasteiger partial charge in [-0.25, -0.2) is 0 Å². The maximum absolute atomic E-state index is 12.8. The second-order valence-electron chi connectivity index (χ2n) is 6.42. The number of carbonyl (C=O) groups excluding carboxylic acids is 2. The van der Waals surface area contributed by atoms with Gasteiger partial charge in [-0.05, 0) is 35.9 Å². The van der Waals surface area contributed by atoms with Crippen LogP contribution in [0.1, 0.15) is 43.6 Å². The lowest BCUT2D eigenvalue weighted by molar-refractivity contribution is 0.0216. The number of ether oxygens (including phenoxy) is 1. The lowest BCUT2D eigenvalue weighted by Crippen LogP contribution is -2.42. The van der Waals surface area contributed by atoms with Crippen LogP contribution in [0.2, 0.25) is 0 Å². The highest BCUT2D eigenvalue weighted by molar-refractivity contribution is 6.28. The number of carbonyl (C=O) groups is 2. The number of ketones is 2. The number of anilines is 1. The van der Waals surface area contributed by atoms with Gasteiger partial charge in [0, 0.05) is 41.0 Å². The Morgan fingerprint density at radius 3 is 2.29 bits per heavy atom. The van der Waals surface area contributed by atoms with Crippen LogP contribution in [-0.4, -0.2) is 42.8 Å². The van der Waals surface area contributed by atoms with E-state index >= 15 is 0 Å². The van der Waals surface area contributed by atoms with Gasteiger partial charge in [-0.15, -0.1) is 0 Å². The lowest BCUT2D eigenvalue weighted by atomic mass is 9.82. The number of morpholine rings is 1. The smallest absolute Gasteiger partial charge is 0.194 e. The molecule has 120 valence electrons. The predicted molar refractivity (Wildman–Crippen MR) is 88.5 cm³/mol. The fourth-order valence-corrected chi connectivity index (χ4v) is 3.81. The van der Waals surface area contributed by atoms with Crippen molar-refractivity contribution in [2.45, 2.75) is 6.17 Å². The quantitative estimate of drug-likeness (QED) is 0.745. The highest BCUT2D eigenvalue weighted by atomic mass is 16.5. The van der Waals surface area contributed by atoms with Crippen LogP contribution in [0.15, 0.2) is 36.4 Å². The molecule has 1 N–H and O–H groups in total. The lowest BCUT2D eigenvalue weighted by Gasteiger charge is -2.37. The van der Waals surface area contributed by atoms with Crippen molar-refractivity contribution < 1.29 is 14.3 Å². The molecule has 5 nitrogen and oxygen atoms in total. The summed E-state index contributed by atoms with van der Waals surface area (Å²) in [4.78, 5) is 27.8. The first-order valence-corrected chi connectivity index (χ1v) is 8.18. The molecule has 2 aromatic carbocycles. The summed E-state index contributed by atoms with van der Waals surface area (Å²) < 4.78 is 5.46. The summed E-state index contributed by atoms with van der Waals surface area (Å²) in [7, 11) is 0. The molecule has 1 unspecified atom stereocenters. The Hall–Kier alpha value is -2.50. The number of rotatable bonds is 1. The molecular formula is C19H16N2O3. The summed E-state index contributed by atoms with van der Waals surface area (Å²) in [5.41, 5.74) is 3.88. The highest BCUT2D eigenvalue weighted by Crippen LogP contribution is 2.35. The van der Waals surface area contributed by atoms with Gasteiger partial charge in [0.05, 0.1) is 13.2 Å². The molecule has 6 bridgehead atoms. The Morgan fingerprint density at radius 2 is 1.54 bits per heavy atom. The van der Waals surface area contributed by atoms with Gasteiger partial charge in [-0.3, -0.25) is 14.5 Å². The van der Waals surface area contributed by atoms with E-state index in [1.165, 1.54) is 0 Å². The van der Waals surface area contributed by atoms with Crippen molar-refractivity contribution in [1.29, 1.82) is 0 Å². The standard InChI is InChI=1S/C19H16N2O3/c22-17-14-4-2-12-10-16(14)18(23)13-3-1-11(9-15(13)17)19(20-12)21-5-7-24-8-6-21/h1-4,9-10,19-20H,5-8H2. The van der Waals surface area contributed by atoms with E-state index < -0.39 is 0 Å². The average molecular weight is 320 g/mol. The molecule has 1 fully saturated rings. The first-order chi connectivity index (χ1) is 11.7. The van der Waals surface area contributed by atoms with Crippen molar-refractivity contribution in [2.75, 3.05) is 31.6 Å². The van der Waals surface area contributed by atoms with E-state index in [0.717, 1.165) is 24.3 Å². The minimum atomic E-state index is -0.0698. The molecule has 1 saturated heterocycles. The Bertz CT molecular complexity index is 884. The van der Waals surface area contributed by atoms with Gasteiger partial charge in [-0.1, -0.05) is 6.07 Å². The second kappa shape index (κ2) is 5.00. The molecule has 0 aromatic heterocycles. The minimum Gasteiger partial charge on any atom is -0.379 e. The third-order valence-corrected chi connectivity index (χ3v) is 5.07. The summed E-state index contributed by atoms with van der Waals surface area (Å²) in [6.07, 6.45) is -0.0421. The summed E-state index contributed by atoms with van der Waals surface area (Å²) in [5, 5.41) is 3.53. The van der Waals surface area contributed by atoms with Gasteiger partial charge in [0.2, 0.25) is 0 Å². The molecule has 1 atom stereocenters. The third-order valence-electron chi connectivity index (χ3n) is 5.07. The number of hydrogen-bond donors (Lipinski definition) is 1. The average Bonchev–Trinajstić information content (AvgIpc) is 2.64. The van der Waals surface area contributed by atoms with Crippen LogP contribution in [0.25, 0.3) is 0 Å². The molecule has 0 radical (unpaired) electrons. The summed E-state index contributed by atoms with van der Waals surface area (Å²) in [6.45, 7) is 3.05. The van der Waals surface area contributed by atoms with Crippen LogP contribution >= 0.6 is 0 Å². The first-order valence-electron chi connectivity index (χ1n) is 8.18. The monoisotopic (exact) mass is 320 g/mol. The molecule has 0 saturated carbocycles. The van der Waals surface area contributed by atoms with Crippen LogP contribution < -0.4 is 5.32 Å². The summed E-state index contributed by atoms with van der Waals surface area (Å²) >= 11 is 0. The zero-order valence-electron chi connectivity index (χ0n) is 13.0. The van der Waals surface area contributed by atoms with Crippen molar-refractivity contribution in [3.8, 4) is 0 Å². The fourth-order valence-electron chi connectivity index (χ4n) is 3.81. The molecule has 5 aliphatic heterocycles. The van der Waals surface area contributed by atoms with Gasteiger partial charge in [0.1, 0.15) is 6.17 Å². The maximum Gasteiger partial charge on any atom is 0.194 e. The molecule has 5 heterocycles. The molecule has 6 aliphatic rings. The van der Waals surface area contributed by atoms with Crippen molar-refractivity contribution in [3.05, 3.63) is 64.2 Å². The first kappa shape index (κ1) is 13.9. The van der Waals surface area contributed by atoms with E-state index in [1.807, 2.05) is 24.3 Å². The molecule has 5 heteroatoms. The molecule has 0 spiro atoms. The fraction of sp³-hybridized carbons (Fsp3) is 0.263. The van der Waals surface area contributed by atoms with Crippen LogP contribution in [0.5, 0.6) is 0 Å². The topological polar surface area (TPSA) is 58.6 Å². The number of benzene rings is 2. The van der Waals surface area contributed by atoms with Crippen LogP contribution in [0.3, 0.4) is 0 Å². The maximum atomic E-state index is 12.8. The van der Waals surface area contributed by atoms with E-state index in [-0.39, 0.29) is 17.7 Å². The van der Waals surface area contributed by atoms with Gasteiger partial charge in [0.25, 0.3) is 0 Å². The highest BCUT2D eigenvalue weighted by Gasteiger charge is 2.33. The zero-order valence-corrected chi connectivity index (χ0v) is 13.0. The Morgan fingerprint density at radius 1 is 0.875 bits per heavy atom. The Balaban J connectivity index is 1.74. The number of hydrogen-bond acceptors (Lipinski definition) is 5. The number of nitrogens with one attached hydrogen (secondary N) is 1. The number of fused-ring (bicyclic) bond motifs is 2. The van der Waals surface area contributed by atoms with E-state index in [2.05, 4.69) is 10.2 Å². The van der Waals surface area contributed by atoms with Gasteiger partial charge >= 0.3 is 0 Å². The molecule has 1 aliphatic carbocycles. The summed E-state index contributed by atoms with van der Waals surface area (Å²) in [6, 6.07) is 11.1. The number of nitrogens with zero attached hydrogens (tertiary/aromatic N) is 1. The van der Waals surface area contributed by atoms with Gasteiger partial charge < -0.3 is 10.1 Å². The van der Waals surface area contributed by atoms with Crippen LogP contribution in [0.4, 0.5) is 5.69 Å². The normalized spacial score (nSPS) is 22.1. The Kier molecular flexibility index (Phi) is 2.89. The molecule has 2 aromatic rings. The van der Waals surface area contributed by atoms with E-state index in [9.17, 15) is 9.59 Å². The molecule has 0 amide bonds. The van der Waals surface area contributed by atoms with Crippen LogP contribution in [-0.2, 0) is 4.74 Å². The zero-order chi connectivity index (χ0) is 16.3. The molecule has 24 heavy (non-hydrogen) atoms. The second-order valence-corrected chi connectivity index (χ2v) is 6.42. The van der Waals surface area contributed by atoms with Gasteiger partial charge in [-0.2, -0.15) is 0 Å². The van der Waals surface area contributed by atoms with Crippen LogP contribution in [0, 0.1) is 0 Å². The molecular weight excluding hydrogens is 304 g/mol. The van der Waals surface area contributed by atoms with Crippen molar-refractivity contribution >= 4 is 17.3 Å².